The zero-order valence-corrected chi connectivity index (χ0v) is 20.5. The van der Waals surface area contributed by atoms with Crippen molar-refractivity contribution in [2.24, 2.45) is 5.41 Å². The molecule has 2 atom stereocenters. The maximum Gasteiger partial charge on any atom is 0.510 e. The number of ether oxygens (including phenoxy) is 2. The third kappa shape index (κ3) is 10.8. The van der Waals surface area contributed by atoms with E-state index in [1.54, 1.807) is 27.7 Å². The van der Waals surface area contributed by atoms with Crippen molar-refractivity contribution in [2.45, 2.75) is 53.2 Å². The number of carbonyl (C=O) groups is 4. The van der Waals surface area contributed by atoms with Crippen LogP contribution in [-0.2, 0) is 42.0 Å². The lowest BCUT2D eigenvalue weighted by molar-refractivity contribution is -0.143. The van der Waals surface area contributed by atoms with E-state index in [0.29, 0.717) is 12.3 Å². The first-order valence-corrected chi connectivity index (χ1v) is 12.4. The van der Waals surface area contributed by atoms with Crippen molar-refractivity contribution < 1.29 is 46.8 Å². The van der Waals surface area contributed by atoms with E-state index >= 15 is 0 Å². The van der Waals surface area contributed by atoms with Gasteiger partial charge in [0.05, 0.1) is 12.7 Å². The highest BCUT2D eigenvalue weighted by Crippen LogP contribution is 2.57. The number of phosphoric ester groups is 1. The largest absolute Gasteiger partial charge is 0.510 e. The van der Waals surface area contributed by atoms with Crippen LogP contribution in [0.1, 0.15) is 41.0 Å². The number of hydrogen-bond acceptors (Lipinski definition) is 11. The Balaban J connectivity index is 2.48. The van der Waals surface area contributed by atoms with Gasteiger partial charge in [0, 0.05) is 37.6 Å². The highest BCUT2D eigenvalue weighted by molar-refractivity contribution is 8.13. The normalized spacial score (nSPS) is 22.1. The third-order valence-electron chi connectivity index (χ3n) is 3.88. The molecule has 0 aromatic heterocycles. The van der Waals surface area contributed by atoms with Crippen LogP contribution < -0.4 is 10.6 Å². The predicted octanol–water partition coefficient (Wildman–Crippen LogP) is 1.97. The molecule has 0 bridgehead atoms. The second-order valence-corrected chi connectivity index (χ2v) is 10.6. The lowest BCUT2D eigenvalue weighted by atomic mass is 9.87. The molecule has 32 heavy (non-hydrogen) atoms. The number of phosphoric acid groups is 1. The van der Waals surface area contributed by atoms with Gasteiger partial charge in [0.25, 0.3) is 0 Å². The molecule has 0 aromatic rings. The maximum atomic E-state index is 12.6. The van der Waals surface area contributed by atoms with Gasteiger partial charge in [-0.1, -0.05) is 25.6 Å². The molecular formula is C18H31N2O10PS. The molecule has 0 saturated carbocycles. The van der Waals surface area contributed by atoms with Crippen LogP contribution in [0.25, 0.3) is 0 Å². The van der Waals surface area contributed by atoms with Crippen LogP contribution in [0.15, 0.2) is 0 Å². The summed E-state index contributed by atoms with van der Waals surface area (Å²) in [5.74, 6) is -0.422. The smallest absolute Gasteiger partial charge is 0.432 e. The maximum absolute atomic E-state index is 12.6. The fraction of sp³-hybridized carbons (Fsp3) is 0.778. The van der Waals surface area contributed by atoms with Crippen LogP contribution in [0, 0.1) is 5.41 Å². The lowest BCUT2D eigenvalue weighted by Crippen LogP contribution is -2.50. The summed E-state index contributed by atoms with van der Waals surface area (Å²) < 4.78 is 37.4. The van der Waals surface area contributed by atoms with E-state index in [1.807, 2.05) is 0 Å². The molecule has 0 spiro atoms. The van der Waals surface area contributed by atoms with Crippen molar-refractivity contribution in [1.29, 1.82) is 0 Å². The summed E-state index contributed by atoms with van der Waals surface area (Å²) >= 11 is 1.11. The van der Waals surface area contributed by atoms with Gasteiger partial charge in [-0.05, 0) is 13.8 Å². The summed E-state index contributed by atoms with van der Waals surface area (Å²) in [5.41, 5.74) is -0.842. The fourth-order valence-electron chi connectivity index (χ4n) is 2.32. The van der Waals surface area contributed by atoms with Crippen molar-refractivity contribution in [2.75, 3.05) is 32.2 Å². The molecule has 1 unspecified atom stereocenters. The van der Waals surface area contributed by atoms with Crippen molar-refractivity contribution in [3.63, 3.8) is 0 Å². The average Bonchev–Trinajstić information content (AvgIpc) is 2.66. The summed E-state index contributed by atoms with van der Waals surface area (Å²) in [6, 6.07) is 0. The molecule has 184 valence electrons. The first-order chi connectivity index (χ1) is 14.8. The molecular weight excluding hydrogens is 467 g/mol. The molecule has 1 aliphatic heterocycles. The Hall–Kier alpha value is -1.66. The van der Waals surface area contributed by atoms with Gasteiger partial charge in [-0.15, -0.1) is 0 Å². The Bertz CT molecular complexity index is 731. The van der Waals surface area contributed by atoms with Crippen LogP contribution in [0.2, 0.25) is 0 Å². The molecule has 12 nitrogen and oxygen atoms in total. The molecule has 2 N–H and O–H groups in total. The molecule has 0 radical (unpaired) electrons. The van der Waals surface area contributed by atoms with Crippen LogP contribution in [0.4, 0.5) is 4.79 Å². The molecule has 0 aromatic carbocycles. The minimum atomic E-state index is -4.17. The molecule has 0 aliphatic carbocycles. The number of thioether (sulfide) groups is 1. The van der Waals surface area contributed by atoms with Gasteiger partial charge in [0.15, 0.2) is 11.2 Å². The molecule has 1 aliphatic rings. The van der Waals surface area contributed by atoms with Crippen LogP contribution in [0.3, 0.4) is 0 Å². The second-order valence-electron chi connectivity index (χ2n) is 7.73. The van der Waals surface area contributed by atoms with Gasteiger partial charge >= 0.3 is 14.0 Å². The van der Waals surface area contributed by atoms with Gasteiger partial charge in [0.2, 0.25) is 18.6 Å². The zero-order chi connectivity index (χ0) is 24.4. The van der Waals surface area contributed by atoms with E-state index in [1.165, 1.54) is 6.92 Å². The zero-order valence-electron chi connectivity index (χ0n) is 18.8. The predicted molar refractivity (Wildman–Crippen MR) is 115 cm³/mol. The van der Waals surface area contributed by atoms with Crippen molar-refractivity contribution in [3.8, 4) is 0 Å². The highest BCUT2D eigenvalue weighted by Gasteiger charge is 2.49. The standard InChI is InChI=1S/C18H31N2O10PS/c1-12(2)29-17(24)26-11-28-31(25)27-10-18(4,5)15(30-31)16(23)20-7-6-14(22)19-8-9-32-13(3)21/h12,15H,6-11H2,1-5H3,(H,19,22)(H,20,23)/t15-,31?/m0/s1. The van der Waals surface area contributed by atoms with E-state index in [9.17, 15) is 23.7 Å². The van der Waals surface area contributed by atoms with Crippen molar-refractivity contribution in [1.82, 2.24) is 10.6 Å². The van der Waals surface area contributed by atoms with Gasteiger partial charge in [-0.2, -0.15) is 0 Å². The van der Waals surface area contributed by atoms with Gasteiger partial charge in [0.1, 0.15) is 0 Å². The monoisotopic (exact) mass is 498 g/mol. The summed E-state index contributed by atoms with van der Waals surface area (Å²) in [6.07, 6.45) is -2.60. The second kappa shape index (κ2) is 13.1. The fourth-order valence-corrected chi connectivity index (χ4v) is 4.32. The Kier molecular flexibility index (Phi) is 11.7. The lowest BCUT2D eigenvalue weighted by Gasteiger charge is -2.39. The minimum absolute atomic E-state index is 0.0140. The topological polar surface area (TPSA) is 156 Å². The van der Waals surface area contributed by atoms with E-state index < -0.39 is 44.3 Å². The molecule has 1 rings (SSSR count). The highest BCUT2D eigenvalue weighted by atomic mass is 32.2. The van der Waals surface area contributed by atoms with Gasteiger partial charge in [-0.25, -0.2) is 13.9 Å². The summed E-state index contributed by atoms with van der Waals surface area (Å²) in [5, 5.41) is 5.16. The SMILES string of the molecule is CC(=O)SCCNC(=O)CCNC(=O)[C@@H]1OP(=O)(OCOC(=O)OC(C)C)OCC1(C)C. The van der Waals surface area contributed by atoms with E-state index in [0.717, 1.165) is 11.8 Å². The van der Waals surface area contributed by atoms with Gasteiger partial charge < -0.3 is 20.1 Å². The number of carbonyl (C=O) groups excluding carboxylic acids is 4. The van der Waals surface area contributed by atoms with Crippen LogP contribution >= 0.6 is 19.6 Å². The van der Waals surface area contributed by atoms with E-state index in [4.69, 9.17) is 18.3 Å². The van der Waals surface area contributed by atoms with E-state index in [2.05, 4.69) is 15.4 Å². The van der Waals surface area contributed by atoms with Gasteiger partial charge in [-0.3, -0.25) is 23.4 Å². The summed E-state index contributed by atoms with van der Waals surface area (Å²) in [6.45, 7) is 7.54. The molecule has 1 saturated heterocycles. The minimum Gasteiger partial charge on any atom is -0.432 e. The average molecular weight is 498 g/mol. The Morgan fingerprint density at radius 2 is 1.88 bits per heavy atom. The first kappa shape index (κ1) is 28.4. The quantitative estimate of drug-likeness (QED) is 0.186. The third-order valence-corrected chi connectivity index (χ3v) is 6.03. The Morgan fingerprint density at radius 1 is 1.19 bits per heavy atom. The van der Waals surface area contributed by atoms with Crippen LogP contribution in [0.5, 0.6) is 0 Å². The number of nitrogens with one attached hydrogen (secondary N) is 2. The van der Waals surface area contributed by atoms with Crippen molar-refractivity contribution >= 4 is 42.7 Å². The number of hydrogen-bond donors (Lipinski definition) is 2. The number of amides is 2. The summed E-state index contributed by atoms with van der Waals surface area (Å²) in [7, 11) is -4.17. The van der Waals surface area contributed by atoms with Crippen molar-refractivity contribution in [3.05, 3.63) is 0 Å². The molecule has 2 amide bonds. The van der Waals surface area contributed by atoms with E-state index in [-0.39, 0.29) is 30.6 Å². The Labute approximate surface area is 191 Å². The summed E-state index contributed by atoms with van der Waals surface area (Å²) in [4.78, 5) is 46.6. The molecule has 1 fully saturated rings. The number of rotatable bonds is 11. The molecule has 1 heterocycles. The Morgan fingerprint density at radius 3 is 2.50 bits per heavy atom. The molecule has 14 heteroatoms. The first-order valence-electron chi connectivity index (χ1n) is 9.93. The van der Waals surface area contributed by atoms with Crippen LogP contribution in [-0.4, -0.2) is 67.5 Å².